The lowest BCUT2D eigenvalue weighted by Gasteiger charge is -2.27. The van der Waals surface area contributed by atoms with Crippen LogP contribution >= 0.6 is 0 Å². The third kappa shape index (κ3) is 3.47. The number of esters is 1. The number of para-hydroxylation sites is 1. The molecule has 0 aliphatic heterocycles. The van der Waals surface area contributed by atoms with Gasteiger partial charge in [0.1, 0.15) is 5.54 Å². The highest BCUT2D eigenvalue weighted by Gasteiger charge is 2.29. The summed E-state index contributed by atoms with van der Waals surface area (Å²) in [5.41, 5.74) is 7.35. The average Bonchev–Trinajstić information content (AvgIpc) is 2.35. The fourth-order valence-corrected chi connectivity index (χ4v) is 1.85. The lowest BCUT2D eigenvalue weighted by molar-refractivity contribution is -0.146. The van der Waals surface area contributed by atoms with Crippen molar-refractivity contribution >= 4 is 11.7 Å². The Labute approximate surface area is 109 Å². The number of rotatable bonds is 5. The maximum atomic E-state index is 11.5. The molecule has 0 bridgehead atoms. The van der Waals surface area contributed by atoms with Gasteiger partial charge < -0.3 is 15.4 Å². The van der Waals surface area contributed by atoms with Gasteiger partial charge in [-0.3, -0.25) is 4.79 Å². The van der Waals surface area contributed by atoms with Gasteiger partial charge in [-0.1, -0.05) is 18.2 Å². The minimum Gasteiger partial charge on any atom is -0.468 e. The molecule has 4 nitrogen and oxygen atoms in total. The lowest BCUT2D eigenvalue weighted by Crippen LogP contribution is -2.47. The van der Waals surface area contributed by atoms with Crippen LogP contribution in [0.5, 0.6) is 0 Å². The zero-order valence-electron chi connectivity index (χ0n) is 11.6. The third-order valence-corrected chi connectivity index (χ3v) is 3.14. The fourth-order valence-electron chi connectivity index (χ4n) is 1.85. The van der Waals surface area contributed by atoms with Gasteiger partial charge in [-0.05, 0) is 31.9 Å². The molecule has 0 spiro atoms. The van der Waals surface area contributed by atoms with Crippen molar-refractivity contribution in [3.8, 4) is 0 Å². The zero-order valence-corrected chi connectivity index (χ0v) is 11.6. The molecular weight excluding hydrogens is 228 g/mol. The van der Waals surface area contributed by atoms with E-state index < -0.39 is 5.54 Å². The normalized spacial score (nSPS) is 13.8. The van der Waals surface area contributed by atoms with E-state index >= 15 is 0 Å². The Kier molecular flexibility index (Phi) is 4.73. The van der Waals surface area contributed by atoms with Crippen LogP contribution in [0.2, 0.25) is 0 Å². The van der Waals surface area contributed by atoms with Gasteiger partial charge in [-0.25, -0.2) is 0 Å². The first-order valence-corrected chi connectivity index (χ1v) is 6.02. The summed E-state index contributed by atoms with van der Waals surface area (Å²) in [4.78, 5) is 13.6. The molecule has 0 fully saturated rings. The van der Waals surface area contributed by atoms with Crippen LogP contribution in [0.3, 0.4) is 0 Å². The molecule has 0 aliphatic carbocycles. The van der Waals surface area contributed by atoms with E-state index in [1.165, 1.54) is 12.7 Å². The predicted molar refractivity (Wildman–Crippen MR) is 73.7 cm³/mol. The molecule has 0 aliphatic rings. The van der Waals surface area contributed by atoms with E-state index in [0.717, 1.165) is 5.69 Å². The van der Waals surface area contributed by atoms with Crippen LogP contribution in [0.25, 0.3) is 0 Å². The standard InChI is InChI=1S/C14H22N2O2/c1-11-7-5-6-8-12(11)16(3)10-9-14(2,15)13(17)18-4/h5-8H,9-10,15H2,1-4H3. The van der Waals surface area contributed by atoms with Gasteiger partial charge >= 0.3 is 5.97 Å². The number of nitrogens with two attached hydrogens (primary N) is 1. The molecule has 1 rings (SSSR count). The summed E-state index contributed by atoms with van der Waals surface area (Å²) in [6.45, 7) is 4.46. The van der Waals surface area contributed by atoms with E-state index in [2.05, 4.69) is 24.0 Å². The molecule has 0 amide bonds. The van der Waals surface area contributed by atoms with Crippen molar-refractivity contribution in [1.29, 1.82) is 0 Å². The van der Waals surface area contributed by atoms with Crippen LogP contribution in [-0.2, 0) is 9.53 Å². The number of anilines is 1. The highest BCUT2D eigenvalue weighted by atomic mass is 16.5. The van der Waals surface area contributed by atoms with Crippen LogP contribution in [0.15, 0.2) is 24.3 Å². The first-order valence-electron chi connectivity index (χ1n) is 6.02. The summed E-state index contributed by atoms with van der Waals surface area (Å²) in [6, 6.07) is 8.13. The van der Waals surface area contributed by atoms with Gasteiger partial charge in [-0.2, -0.15) is 0 Å². The summed E-state index contributed by atoms with van der Waals surface area (Å²) in [6.07, 6.45) is 0.546. The number of methoxy groups -OCH3 is 1. The largest absolute Gasteiger partial charge is 0.468 e. The molecule has 4 heteroatoms. The van der Waals surface area contributed by atoms with Gasteiger partial charge in [0.25, 0.3) is 0 Å². The molecule has 0 aromatic heterocycles. The molecule has 1 atom stereocenters. The van der Waals surface area contributed by atoms with Crippen molar-refractivity contribution in [1.82, 2.24) is 0 Å². The molecule has 1 aromatic carbocycles. The number of hydrogen-bond donors (Lipinski definition) is 1. The van der Waals surface area contributed by atoms with Crippen LogP contribution in [-0.4, -0.2) is 32.2 Å². The maximum absolute atomic E-state index is 11.5. The molecule has 0 saturated carbocycles. The molecule has 0 radical (unpaired) electrons. The SMILES string of the molecule is COC(=O)C(C)(N)CCN(C)c1ccccc1C. The Hall–Kier alpha value is -1.55. The maximum Gasteiger partial charge on any atom is 0.325 e. The number of benzene rings is 1. The minimum absolute atomic E-state index is 0.374. The van der Waals surface area contributed by atoms with Crippen LogP contribution in [0.4, 0.5) is 5.69 Å². The number of nitrogens with zero attached hydrogens (tertiary/aromatic N) is 1. The van der Waals surface area contributed by atoms with Crippen molar-refractivity contribution in [2.24, 2.45) is 5.73 Å². The second kappa shape index (κ2) is 5.87. The zero-order chi connectivity index (χ0) is 13.8. The van der Waals surface area contributed by atoms with Crippen LogP contribution in [0.1, 0.15) is 18.9 Å². The first kappa shape index (κ1) is 14.5. The lowest BCUT2D eigenvalue weighted by atomic mass is 9.99. The van der Waals surface area contributed by atoms with Gasteiger partial charge in [0, 0.05) is 19.3 Å². The third-order valence-electron chi connectivity index (χ3n) is 3.14. The Morgan fingerprint density at radius 2 is 2.06 bits per heavy atom. The van der Waals surface area contributed by atoms with E-state index in [9.17, 15) is 4.79 Å². The van der Waals surface area contributed by atoms with Crippen molar-refractivity contribution in [3.63, 3.8) is 0 Å². The molecule has 2 N–H and O–H groups in total. The van der Waals surface area contributed by atoms with E-state index in [1.54, 1.807) is 6.92 Å². The molecule has 0 heterocycles. The van der Waals surface area contributed by atoms with Gasteiger partial charge in [0.2, 0.25) is 0 Å². The number of carbonyl (C=O) groups excluding carboxylic acids is 1. The molecular formula is C14H22N2O2. The fraction of sp³-hybridized carbons (Fsp3) is 0.500. The molecule has 1 aromatic rings. The first-order chi connectivity index (χ1) is 8.38. The summed E-state index contributed by atoms with van der Waals surface area (Å²) >= 11 is 0. The Balaban J connectivity index is 2.64. The smallest absolute Gasteiger partial charge is 0.325 e. The Bertz CT molecular complexity index is 416. The highest BCUT2D eigenvalue weighted by Crippen LogP contribution is 2.19. The second-order valence-corrected chi connectivity index (χ2v) is 4.87. The van der Waals surface area contributed by atoms with E-state index in [4.69, 9.17) is 10.5 Å². The van der Waals surface area contributed by atoms with Gasteiger partial charge in [0.05, 0.1) is 7.11 Å². The summed E-state index contributed by atoms with van der Waals surface area (Å²) in [7, 11) is 3.36. The molecule has 1 unspecified atom stereocenters. The highest BCUT2D eigenvalue weighted by molar-refractivity contribution is 5.79. The Morgan fingerprint density at radius 3 is 2.61 bits per heavy atom. The average molecular weight is 250 g/mol. The van der Waals surface area contributed by atoms with Crippen molar-refractivity contribution in [2.45, 2.75) is 25.8 Å². The summed E-state index contributed by atoms with van der Waals surface area (Å²) in [5, 5.41) is 0. The summed E-state index contributed by atoms with van der Waals surface area (Å²) in [5.74, 6) is -0.374. The van der Waals surface area contributed by atoms with Gasteiger partial charge in [0.15, 0.2) is 0 Å². The van der Waals surface area contributed by atoms with Crippen molar-refractivity contribution in [3.05, 3.63) is 29.8 Å². The van der Waals surface area contributed by atoms with E-state index in [0.29, 0.717) is 13.0 Å². The number of carbonyl (C=O) groups is 1. The van der Waals surface area contributed by atoms with Crippen LogP contribution < -0.4 is 10.6 Å². The van der Waals surface area contributed by atoms with Crippen LogP contribution in [0, 0.1) is 6.92 Å². The predicted octanol–water partition coefficient (Wildman–Crippen LogP) is 1.71. The summed E-state index contributed by atoms with van der Waals surface area (Å²) < 4.78 is 4.69. The second-order valence-electron chi connectivity index (χ2n) is 4.87. The molecule has 18 heavy (non-hydrogen) atoms. The number of aryl methyl sites for hydroxylation is 1. The minimum atomic E-state index is -0.939. The Morgan fingerprint density at radius 1 is 1.44 bits per heavy atom. The number of hydrogen-bond acceptors (Lipinski definition) is 4. The number of ether oxygens (including phenoxy) is 1. The quantitative estimate of drug-likeness (QED) is 0.808. The molecule has 100 valence electrons. The van der Waals surface area contributed by atoms with E-state index in [-0.39, 0.29) is 5.97 Å². The topological polar surface area (TPSA) is 55.6 Å². The van der Waals surface area contributed by atoms with E-state index in [1.807, 2.05) is 19.2 Å². The van der Waals surface area contributed by atoms with Crippen molar-refractivity contribution < 1.29 is 9.53 Å². The monoisotopic (exact) mass is 250 g/mol. The van der Waals surface area contributed by atoms with Gasteiger partial charge in [-0.15, -0.1) is 0 Å². The molecule has 0 saturated heterocycles. The van der Waals surface area contributed by atoms with Crippen molar-refractivity contribution in [2.75, 3.05) is 25.6 Å².